The molecule has 1 atom stereocenters. The van der Waals surface area contributed by atoms with Crippen LogP contribution in [0, 0.1) is 5.92 Å². The Morgan fingerprint density at radius 2 is 1.80 bits per heavy atom. The largest absolute Gasteiger partial charge is 0.493 e. The van der Waals surface area contributed by atoms with Gasteiger partial charge in [0, 0.05) is 32.0 Å². The average molecular weight is 431 g/mol. The lowest BCUT2D eigenvalue weighted by molar-refractivity contribution is -0.121. The first-order valence-corrected chi connectivity index (χ1v) is 11.9. The van der Waals surface area contributed by atoms with Gasteiger partial charge in [-0.25, -0.2) is 8.42 Å². The van der Waals surface area contributed by atoms with Crippen LogP contribution in [0.5, 0.6) is 5.75 Å². The molecule has 0 radical (unpaired) electrons. The number of hydrogen-bond donors (Lipinski definition) is 1. The molecule has 2 aromatic rings. The maximum absolute atomic E-state index is 12.5. The number of nitrogens with zero attached hydrogens (tertiary/aromatic N) is 1. The van der Waals surface area contributed by atoms with Gasteiger partial charge in [0.1, 0.15) is 5.75 Å². The summed E-state index contributed by atoms with van der Waals surface area (Å²) in [7, 11) is -3.45. The number of hydrogen-bond acceptors (Lipinski definition) is 4. The minimum absolute atomic E-state index is 0.00584. The minimum Gasteiger partial charge on any atom is -0.493 e. The van der Waals surface area contributed by atoms with Gasteiger partial charge in [0.05, 0.1) is 11.5 Å². The van der Waals surface area contributed by atoms with Crippen molar-refractivity contribution in [2.45, 2.75) is 38.0 Å². The van der Waals surface area contributed by atoms with Gasteiger partial charge in [-0.3, -0.25) is 4.79 Å². The number of para-hydroxylation sites is 1. The van der Waals surface area contributed by atoms with Crippen LogP contribution in [0.15, 0.2) is 53.4 Å². The van der Waals surface area contributed by atoms with Gasteiger partial charge in [0.15, 0.2) is 0 Å². The van der Waals surface area contributed by atoms with Crippen LogP contribution < -0.4 is 10.1 Å². The number of carbonyl (C=O) groups is 1. The van der Waals surface area contributed by atoms with Crippen LogP contribution in [0.3, 0.4) is 0 Å². The molecule has 1 amide bonds. The third-order valence-corrected chi connectivity index (χ3v) is 7.52. The van der Waals surface area contributed by atoms with Crippen molar-refractivity contribution in [3.05, 3.63) is 59.7 Å². The van der Waals surface area contributed by atoms with Crippen molar-refractivity contribution in [1.82, 2.24) is 9.62 Å². The molecule has 30 heavy (non-hydrogen) atoms. The van der Waals surface area contributed by atoms with E-state index >= 15 is 0 Å². The van der Waals surface area contributed by atoms with Crippen molar-refractivity contribution >= 4 is 15.9 Å². The molecule has 1 aliphatic rings. The molecule has 0 aromatic heterocycles. The summed E-state index contributed by atoms with van der Waals surface area (Å²) in [6.45, 7) is 5.74. The fourth-order valence-electron chi connectivity index (χ4n) is 3.67. The van der Waals surface area contributed by atoms with Crippen molar-refractivity contribution in [2.24, 2.45) is 5.92 Å². The molecule has 0 saturated carbocycles. The van der Waals surface area contributed by atoms with Crippen molar-refractivity contribution in [1.29, 1.82) is 0 Å². The van der Waals surface area contributed by atoms with E-state index in [1.165, 1.54) is 9.87 Å². The first-order valence-electron chi connectivity index (χ1n) is 10.5. The lowest BCUT2D eigenvalue weighted by Crippen LogP contribution is -2.34. The molecule has 7 heteroatoms. The van der Waals surface area contributed by atoms with E-state index in [9.17, 15) is 13.2 Å². The smallest absolute Gasteiger partial charge is 0.243 e. The maximum atomic E-state index is 12.5. The number of sulfonamides is 1. The van der Waals surface area contributed by atoms with Crippen LogP contribution in [0.4, 0.5) is 0 Å². The fourth-order valence-corrected chi connectivity index (χ4v) is 5.13. The third kappa shape index (κ3) is 5.40. The molecule has 1 N–H and O–H groups in total. The number of aryl methyl sites for hydroxylation is 1. The summed E-state index contributed by atoms with van der Waals surface area (Å²) in [5, 5.41) is 3.00. The number of fused-ring (bicyclic) bond motifs is 1. The lowest BCUT2D eigenvalue weighted by atomic mass is 9.96. The second-order valence-corrected chi connectivity index (χ2v) is 9.46. The van der Waals surface area contributed by atoms with Crippen molar-refractivity contribution in [3.8, 4) is 5.75 Å². The van der Waals surface area contributed by atoms with Crippen molar-refractivity contribution < 1.29 is 17.9 Å². The average Bonchev–Trinajstić information content (AvgIpc) is 2.77. The van der Waals surface area contributed by atoms with Gasteiger partial charge in [-0.2, -0.15) is 4.31 Å². The summed E-state index contributed by atoms with van der Waals surface area (Å²) in [6, 6.07) is 14.8. The number of carbonyl (C=O) groups excluding carboxylic acids is 1. The number of amides is 1. The zero-order valence-corrected chi connectivity index (χ0v) is 18.5. The van der Waals surface area contributed by atoms with Gasteiger partial charge in [-0.05, 0) is 42.2 Å². The Morgan fingerprint density at radius 3 is 2.50 bits per heavy atom. The van der Waals surface area contributed by atoms with E-state index in [4.69, 9.17) is 4.74 Å². The van der Waals surface area contributed by atoms with Crippen LogP contribution >= 0.6 is 0 Å². The van der Waals surface area contributed by atoms with E-state index in [2.05, 4.69) is 11.4 Å². The summed E-state index contributed by atoms with van der Waals surface area (Å²) < 4.78 is 32.3. The van der Waals surface area contributed by atoms with Crippen molar-refractivity contribution in [3.63, 3.8) is 0 Å². The van der Waals surface area contributed by atoms with Crippen LogP contribution in [0.2, 0.25) is 0 Å². The summed E-state index contributed by atoms with van der Waals surface area (Å²) in [4.78, 5) is 12.5. The first-order chi connectivity index (χ1) is 14.4. The molecule has 0 spiro atoms. The Hall–Kier alpha value is -2.38. The lowest BCUT2D eigenvalue weighted by Gasteiger charge is -2.25. The topological polar surface area (TPSA) is 75.7 Å². The Kier molecular flexibility index (Phi) is 7.50. The van der Waals surface area contributed by atoms with Crippen LogP contribution in [-0.4, -0.2) is 44.9 Å². The Morgan fingerprint density at radius 1 is 1.10 bits per heavy atom. The second kappa shape index (κ2) is 10.1. The number of ether oxygens (including phenoxy) is 1. The standard InChI is InChI=1S/C23H30N2O4S/c1-3-25(4-2)30(27,28)21-12-9-18(10-13-21)11-14-23(26)24-16-19-15-20-7-5-6-8-22(20)29-17-19/h5-10,12-13,19H,3-4,11,14-17H2,1-2H3,(H,24,26). The molecule has 0 fully saturated rings. The van der Waals surface area contributed by atoms with Gasteiger partial charge in [0.25, 0.3) is 0 Å². The number of nitrogens with one attached hydrogen (secondary N) is 1. The summed E-state index contributed by atoms with van der Waals surface area (Å²) in [6.07, 6.45) is 1.84. The molecule has 0 bridgehead atoms. The minimum atomic E-state index is -3.45. The van der Waals surface area contributed by atoms with Crippen LogP contribution in [0.25, 0.3) is 0 Å². The molecular weight excluding hydrogens is 400 g/mol. The van der Waals surface area contributed by atoms with Gasteiger partial charge in [-0.15, -0.1) is 0 Å². The highest BCUT2D eigenvalue weighted by Gasteiger charge is 2.22. The van der Waals surface area contributed by atoms with Gasteiger partial charge >= 0.3 is 0 Å². The van der Waals surface area contributed by atoms with E-state index < -0.39 is 10.0 Å². The quantitative estimate of drug-likeness (QED) is 0.664. The molecule has 1 aliphatic heterocycles. The van der Waals surface area contributed by atoms with E-state index in [-0.39, 0.29) is 16.7 Å². The molecule has 3 rings (SSSR count). The normalized spacial score (nSPS) is 16.0. The van der Waals surface area contributed by atoms with E-state index in [0.29, 0.717) is 39.1 Å². The zero-order valence-electron chi connectivity index (χ0n) is 17.6. The molecule has 1 unspecified atom stereocenters. The molecule has 0 aliphatic carbocycles. The van der Waals surface area contributed by atoms with Gasteiger partial charge in [0.2, 0.25) is 15.9 Å². The molecular formula is C23H30N2O4S. The third-order valence-electron chi connectivity index (χ3n) is 5.45. The van der Waals surface area contributed by atoms with Crippen LogP contribution in [-0.2, 0) is 27.7 Å². The van der Waals surface area contributed by atoms with Gasteiger partial charge < -0.3 is 10.1 Å². The van der Waals surface area contributed by atoms with E-state index in [1.54, 1.807) is 24.3 Å². The molecule has 0 saturated heterocycles. The predicted molar refractivity (Wildman–Crippen MR) is 117 cm³/mol. The summed E-state index contributed by atoms with van der Waals surface area (Å²) >= 11 is 0. The molecule has 2 aromatic carbocycles. The Labute approximate surface area is 179 Å². The maximum Gasteiger partial charge on any atom is 0.243 e. The van der Waals surface area contributed by atoms with E-state index in [0.717, 1.165) is 17.7 Å². The van der Waals surface area contributed by atoms with Crippen LogP contribution in [0.1, 0.15) is 31.4 Å². The predicted octanol–water partition coefficient (Wildman–Crippen LogP) is 3.02. The monoisotopic (exact) mass is 430 g/mol. The highest BCUT2D eigenvalue weighted by atomic mass is 32.2. The zero-order chi connectivity index (χ0) is 21.6. The highest BCUT2D eigenvalue weighted by molar-refractivity contribution is 7.89. The highest BCUT2D eigenvalue weighted by Crippen LogP contribution is 2.26. The fraction of sp³-hybridized carbons (Fsp3) is 0.435. The SMILES string of the molecule is CCN(CC)S(=O)(=O)c1ccc(CCC(=O)NCC2COc3ccccc3C2)cc1. The summed E-state index contributed by atoms with van der Waals surface area (Å²) in [5.41, 5.74) is 2.13. The first kappa shape index (κ1) is 22.3. The van der Waals surface area contributed by atoms with E-state index in [1.807, 2.05) is 32.0 Å². The molecule has 6 nitrogen and oxygen atoms in total. The summed E-state index contributed by atoms with van der Waals surface area (Å²) in [5.74, 6) is 1.20. The Balaban J connectivity index is 1.46. The molecule has 162 valence electrons. The number of benzene rings is 2. The van der Waals surface area contributed by atoms with Crippen molar-refractivity contribution in [2.75, 3.05) is 26.2 Å². The second-order valence-electron chi connectivity index (χ2n) is 7.53. The molecule has 1 heterocycles. The van der Waals surface area contributed by atoms with Gasteiger partial charge in [-0.1, -0.05) is 44.2 Å². The Bertz CT molecular complexity index is 953. The number of rotatable bonds is 9.